The van der Waals surface area contributed by atoms with Crippen LogP contribution in [-0.2, 0) is 0 Å². The van der Waals surface area contributed by atoms with Crippen molar-refractivity contribution in [1.29, 1.82) is 0 Å². The summed E-state index contributed by atoms with van der Waals surface area (Å²) in [7, 11) is 0. The maximum atomic E-state index is 11.9. The number of hydrogen-bond acceptors (Lipinski definition) is 12. The van der Waals surface area contributed by atoms with E-state index < -0.39 is 58.0 Å². The topological polar surface area (TPSA) is 259 Å². The highest BCUT2D eigenvalue weighted by Gasteiger charge is 3.12. The highest BCUT2D eigenvalue weighted by atomic mass is 16.7. The molecule has 18 nitrogen and oxygen atoms in total. The average molecular weight is 428 g/mol. The summed E-state index contributed by atoms with van der Waals surface area (Å²) in [5.41, 5.74) is -15.0. The molecule has 1 aliphatic rings. The van der Waals surface area contributed by atoms with Crippen LogP contribution in [0.3, 0.4) is 0 Å². The van der Waals surface area contributed by atoms with Crippen molar-refractivity contribution in [3.8, 4) is 0 Å². The van der Waals surface area contributed by atoms with Crippen molar-refractivity contribution >= 4 is 0 Å². The summed E-state index contributed by atoms with van der Waals surface area (Å²) in [4.78, 5) is 57.7. The van der Waals surface area contributed by atoms with E-state index in [-0.39, 0.29) is 12.2 Å². The first-order chi connectivity index (χ1) is 13.9. The number of hydrogen-bond donors (Lipinski definition) is 0. The van der Waals surface area contributed by atoms with Gasteiger partial charge in [0, 0.05) is 0 Å². The minimum Gasteiger partial charge on any atom is -0.258 e. The summed E-state index contributed by atoms with van der Waals surface area (Å²) in [6, 6.07) is 5.65. The van der Waals surface area contributed by atoms with Gasteiger partial charge in [-0.2, -0.15) is 0 Å². The second-order valence-electron chi connectivity index (χ2n) is 5.91. The van der Waals surface area contributed by atoms with E-state index in [4.69, 9.17) is 0 Å². The highest BCUT2D eigenvalue weighted by Crippen LogP contribution is 2.53. The van der Waals surface area contributed by atoms with Gasteiger partial charge in [-0.15, -0.1) is 0 Å². The van der Waals surface area contributed by atoms with E-state index in [9.17, 15) is 60.7 Å². The molecule has 0 spiro atoms. The Balaban J connectivity index is 3.29. The fourth-order valence-electron chi connectivity index (χ4n) is 3.57. The van der Waals surface area contributed by atoms with Crippen molar-refractivity contribution in [1.82, 2.24) is 0 Å². The summed E-state index contributed by atoms with van der Waals surface area (Å²) in [5.74, 6) is -2.45. The third-order valence-corrected chi connectivity index (χ3v) is 4.78. The van der Waals surface area contributed by atoms with Crippen LogP contribution in [-0.4, -0.2) is 46.5 Å². The van der Waals surface area contributed by atoms with Crippen molar-refractivity contribution in [2.45, 2.75) is 22.9 Å². The second-order valence-corrected chi connectivity index (χ2v) is 5.91. The van der Waals surface area contributed by atoms with Gasteiger partial charge >= 0.3 is 17.0 Å². The second kappa shape index (κ2) is 6.76. The Hall–Kier alpha value is -4.64. The van der Waals surface area contributed by atoms with Crippen molar-refractivity contribution in [2.24, 2.45) is 0 Å². The van der Waals surface area contributed by atoms with Crippen LogP contribution >= 0.6 is 0 Å². The largest absolute Gasteiger partial charge is 0.737 e. The first-order valence-electron chi connectivity index (χ1n) is 7.48. The quantitative estimate of drug-likeness (QED) is 0.242. The molecule has 0 N–H and O–H groups in total. The summed E-state index contributed by atoms with van der Waals surface area (Å²) in [6.07, 6.45) is 0.0688. The molecule has 1 aromatic carbocycles. The van der Waals surface area contributed by atoms with E-state index in [0.717, 1.165) is 12.1 Å². The molecule has 0 aromatic heterocycles. The van der Waals surface area contributed by atoms with Gasteiger partial charge in [-0.1, -0.05) is 36.4 Å². The molecular weight excluding hydrogens is 420 g/mol. The Morgan fingerprint density at radius 2 is 1.07 bits per heavy atom. The Kier molecular flexibility index (Phi) is 4.88. The minimum absolute atomic E-state index is 0.193. The predicted octanol–water partition coefficient (Wildman–Crippen LogP) is 0.0891. The smallest absolute Gasteiger partial charge is 0.258 e. The SMILES string of the molecule is O=[N+]([O-])C1([N+](=O)[O-])C=CC(c2ccccc2)C([N+](=O)[O-])([N+](=O)[O-])C1([N+](=O)[O-])[N+](=O)[O-]. The molecule has 1 aromatic rings. The van der Waals surface area contributed by atoms with Crippen LogP contribution in [0.2, 0.25) is 0 Å². The third-order valence-electron chi connectivity index (χ3n) is 4.78. The van der Waals surface area contributed by atoms with E-state index in [0.29, 0.717) is 0 Å². The summed E-state index contributed by atoms with van der Waals surface area (Å²) in [5, 5.41) is 70.7. The van der Waals surface area contributed by atoms with E-state index in [1.165, 1.54) is 18.2 Å². The number of rotatable bonds is 7. The van der Waals surface area contributed by atoms with E-state index in [2.05, 4.69) is 0 Å². The van der Waals surface area contributed by atoms with Crippen molar-refractivity contribution in [2.75, 3.05) is 0 Å². The molecule has 0 saturated heterocycles. The molecular formula is C12H8N6O12. The molecule has 0 fully saturated rings. The van der Waals surface area contributed by atoms with Crippen LogP contribution in [0.25, 0.3) is 0 Å². The molecule has 1 atom stereocenters. The fraction of sp³-hybridized carbons (Fsp3) is 0.333. The highest BCUT2D eigenvalue weighted by molar-refractivity contribution is 5.33. The van der Waals surface area contributed by atoms with Gasteiger partial charge in [0.25, 0.3) is 0 Å². The standard InChI is InChI=1S/C12H8N6O12/c19-13(20)10(14(21)22)7-6-9(8-4-2-1-3-5-8)11(15(23)24,16(25)26)12(10,17(27)28)18(29)30/h1-7,9H. The van der Waals surface area contributed by atoms with Crippen LogP contribution in [0.4, 0.5) is 0 Å². The summed E-state index contributed by atoms with van der Waals surface area (Å²) in [6.45, 7) is 0. The Bertz CT molecular complexity index is 964. The van der Waals surface area contributed by atoms with Gasteiger partial charge in [0.2, 0.25) is 0 Å². The van der Waals surface area contributed by atoms with Crippen LogP contribution < -0.4 is 0 Å². The lowest BCUT2D eigenvalue weighted by Gasteiger charge is -2.32. The van der Waals surface area contributed by atoms with Gasteiger partial charge in [0.15, 0.2) is 5.92 Å². The lowest BCUT2D eigenvalue weighted by atomic mass is 9.67. The van der Waals surface area contributed by atoms with Gasteiger partial charge in [-0.3, -0.25) is 60.7 Å². The zero-order valence-corrected chi connectivity index (χ0v) is 14.2. The van der Waals surface area contributed by atoms with Crippen molar-refractivity contribution < 1.29 is 29.5 Å². The molecule has 18 heteroatoms. The van der Waals surface area contributed by atoms with E-state index in [1.54, 1.807) is 0 Å². The number of nitro groups is 6. The van der Waals surface area contributed by atoms with E-state index in [1.807, 2.05) is 0 Å². The van der Waals surface area contributed by atoms with Gasteiger partial charge in [-0.25, -0.2) is 0 Å². The van der Waals surface area contributed by atoms with Crippen molar-refractivity contribution in [3.63, 3.8) is 0 Å². The lowest BCUT2D eigenvalue weighted by Crippen LogP contribution is -2.86. The third kappa shape index (κ3) is 2.17. The Morgan fingerprint density at radius 1 is 0.633 bits per heavy atom. The zero-order valence-electron chi connectivity index (χ0n) is 14.2. The van der Waals surface area contributed by atoms with Crippen LogP contribution in [0.5, 0.6) is 0 Å². The number of nitrogens with zero attached hydrogens (tertiary/aromatic N) is 6. The van der Waals surface area contributed by atoms with Crippen LogP contribution in [0, 0.1) is 60.7 Å². The maximum absolute atomic E-state index is 11.9. The number of benzene rings is 1. The first kappa shape index (κ1) is 21.7. The molecule has 0 aliphatic heterocycles. The molecule has 0 heterocycles. The maximum Gasteiger partial charge on any atom is 0.737 e. The Labute approximate surface area is 162 Å². The van der Waals surface area contributed by atoms with Gasteiger partial charge in [0.1, 0.15) is 29.5 Å². The van der Waals surface area contributed by atoms with E-state index >= 15 is 0 Å². The predicted molar refractivity (Wildman–Crippen MR) is 88.5 cm³/mol. The molecule has 2 rings (SSSR count). The average Bonchev–Trinajstić information content (AvgIpc) is 2.65. The molecule has 0 amide bonds. The monoisotopic (exact) mass is 428 g/mol. The van der Waals surface area contributed by atoms with Crippen LogP contribution in [0.15, 0.2) is 42.5 Å². The normalized spacial score (nSPS) is 20.6. The van der Waals surface area contributed by atoms with Gasteiger partial charge in [0.05, 0.1) is 6.08 Å². The Morgan fingerprint density at radius 3 is 1.40 bits per heavy atom. The minimum atomic E-state index is -5.17. The molecule has 0 bridgehead atoms. The summed E-state index contributed by atoms with van der Waals surface area (Å²) >= 11 is 0. The van der Waals surface area contributed by atoms with Crippen LogP contribution in [0.1, 0.15) is 11.5 Å². The van der Waals surface area contributed by atoms with Gasteiger partial charge < -0.3 is 0 Å². The molecule has 30 heavy (non-hydrogen) atoms. The molecule has 158 valence electrons. The lowest BCUT2D eigenvalue weighted by molar-refractivity contribution is -1.00. The fourth-order valence-corrected chi connectivity index (χ4v) is 3.57. The molecule has 0 saturated carbocycles. The first-order valence-corrected chi connectivity index (χ1v) is 7.48. The summed E-state index contributed by atoms with van der Waals surface area (Å²) < 4.78 is 0. The zero-order chi connectivity index (χ0) is 23.1. The molecule has 1 unspecified atom stereocenters. The van der Waals surface area contributed by atoms with Gasteiger partial charge in [-0.05, 0) is 5.56 Å². The van der Waals surface area contributed by atoms with Crippen molar-refractivity contribution in [3.05, 3.63) is 109 Å². The molecule has 0 radical (unpaired) electrons. The molecule has 1 aliphatic carbocycles.